The molecule has 1 rings (SSSR count). The number of hydrogen-bond acceptors (Lipinski definition) is 2. The molecule has 1 aromatic rings. The maximum Gasteiger partial charge on any atom is 0.126 e. The van der Waals surface area contributed by atoms with Crippen molar-refractivity contribution in [1.29, 1.82) is 0 Å². The van der Waals surface area contributed by atoms with E-state index in [-0.39, 0.29) is 24.4 Å². The van der Waals surface area contributed by atoms with Crippen molar-refractivity contribution in [2.45, 2.75) is 26.3 Å². The molecule has 0 fully saturated rings. The van der Waals surface area contributed by atoms with Gasteiger partial charge < -0.3 is 10.8 Å². The SMILES string of the molecule is CCC(CO)C(N)c1ccc(F)c(C)c1. The van der Waals surface area contributed by atoms with E-state index in [2.05, 4.69) is 0 Å². The average molecular weight is 211 g/mol. The van der Waals surface area contributed by atoms with Crippen LogP contribution in [0.3, 0.4) is 0 Å². The second kappa shape index (κ2) is 5.24. The summed E-state index contributed by atoms with van der Waals surface area (Å²) in [5.41, 5.74) is 7.47. The molecule has 1 aromatic carbocycles. The number of benzene rings is 1. The molecule has 84 valence electrons. The van der Waals surface area contributed by atoms with Crippen LogP contribution in [-0.2, 0) is 0 Å². The molecule has 2 unspecified atom stereocenters. The van der Waals surface area contributed by atoms with E-state index in [1.54, 1.807) is 19.1 Å². The first-order chi connectivity index (χ1) is 7.10. The highest BCUT2D eigenvalue weighted by atomic mass is 19.1. The molecular weight excluding hydrogens is 193 g/mol. The summed E-state index contributed by atoms with van der Waals surface area (Å²) in [5.74, 6) is -0.183. The van der Waals surface area contributed by atoms with E-state index in [1.807, 2.05) is 6.92 Å². The molecule has 0 heterocycles. The maximum absolute atomic E-state index is 13.0. The van der Waals surface area contributed by atoms with Crippen molar-refractivity contribution in [2.75, 3.05) is 6.61 Å². The molecule has 15 heavy (non-hydrogen) atoms. The highest BCUT2D eigenvalue weighted by molar-refractivity contribution is 5.26. The van der Waals surface area contributed by atoms with E-state index in [9.17, 15) is 4.39 Å². The van der Waals surface area contributed by atoms with E-state index in [0.29, 0.717) is 5.56 Å². The zero-order chi connectivity index (χ0) is 11.4. The van der Waals surface area contributed by atoms with Gasteiger partial charge in [-0.25, -0.2) is 4.39 Å². The van der Waals surface area contributed by atoms with Crippen molar-refractivity contribution in [3.8, 4) is 0 Å². The lowest BCUT2D eigenvalue weighted by Gasteiger charge is -2.21. The molecule has 0 spiro atoms. The summed E-state index contributed by atoms with van der Waals surface area (Å²) in [6.07, 6.45) is 0.814. The summed E-state index contributed by atoms with van der Waals surface area (Å²) in [6.45, 7) is 3.76. The molecule has 3 N–H and O–H groups in total. The molecule has 0 aliphatic heterocycles. The van der Waals surface area contributed by atoms with Gasteiger partial charge in [0.15, 0.2) is 0 Å². The molecule has 3 heteroatoms. The minimum atomic E-state index is -0.223. The predicted octanol–water partition coefficient (Wildman–Crippen LogP) is 2.15. The Morgan fingerprint density at radius 1 is 1.47 bits per heavy atom. The Labute approximate surface area is 89.9 Å². The van der Waals surface area contributed by atoms with Crippen LogP contribution in [0.25, 0.3) is 0 Å². The van der Waals surface area contributed by atoms with Crippen LogP contribution in [0, 0.1) is 18.7 Å². The largest absolute Gasteiger partial charge is 0.396 e. The Hall–Kier alpha value is -0.930. The third-order valence-electron chi connectivity index (χ3n) is 2.83. The van der Waals surface area contributed by atoms with Crippen LogP contribution in [0.4, 0.5) is 4.39 Å². The van der Waals surface area contributed by atoms with Crippen LogP contribution in [0.2, 0.25) is 0 Å². The number of aryl methyl sites for hydroxylation is 1. The quantitative estimate of drug-likeness (QED) is 0.801. The zero-order valence-corrected chi connectivity index (χ0v) is 9.20. The van der Waals surface area contributed by atoms with Crippen molar-refractivity contribution >= 4 is 0 Å². The Kier molecular flexibility index (Phi) is 4.24. The van der Waals surface area contributed by atoms with E-state index in [1.165, 1.54) is 6.07 Å². The Morgan fingerprint density at radius 2 is 2.13 bits per heavy atom. The van der Waals surface area contributed by atoms with Crippen LogP contribution in [0.1, 0.15) is 30.5 Å². The number of aliphatic hydroxyl groups is 1. The molecule has 0 saturated heterocycles. The number of rotatable bonds is 4. The predicted molar refractivity (Wildman–Crippen MR) is 58.9 cm³/mol. The smallest absolute Gasteiger partial charge is 0.126 e. The average Bonchev–Trinajstić information content (AvgIpc) is 2.23. The topological polar surface area (TPSA) is 46.2 Å². The molecule has 0 aliphatic carbocycles. The van der Waals surface area contributed by atoms with Gasteiger partial charge in [-0.2, -0.15) is 0 Å². The zero-order valence-electron chi connectivity index (χ0n) is 9.20. The molecule has 0 saturated carbocycles. The normalized spacial score (nSPS) is 15.0. The second-order valence-corrected chi connectivity index (χ2v) is 3.89. The van der Waals surface area contributed by atoms with Crippen molar-refractivity contribution in [1.82, 2.24) is 0 Å². The Balaban J connectivity index is 2.90. The van der Waals surface area contributed by atoms with Gasteiger partial charge >= 0.3 is 0 Å². The van der Waals surface area contributed by atoms with Gasteiger partial charge in [-0.3, -0.25) is 0 Å². The maximum atomic E-state index is 13.0. The van der Waals surface area contributed by atoms with Crippen molar-refractivity contribution in [3.63, 3.8) is 0 Å². The van der Waals surface area contributed by atoms with Crippen molar-refractivity contribution in [2.24, 2.45) is 11.7 Å². The first-order valence-electron chi connectivity index (χ1n) is 5.22. The minimum Gasteiger partial charge on any atom is -0.396 e. The van der Waals surface area contributed by atoms with Gasteiger partial charge in [0.1, 0.15) is 5.82 Å². The van der Waals surface area contributed by atoms with E-state index >= 15 is 0 Å². The lowest BCUT2D eigenvalue weighted by Crippen LogP contribution is -2.23. The number of halogens is 1. The van der Waals surface area contributed by atoms with Crippen LogP contribution in [-0.4, -0.2) is 11.7 Å². The van der Waals surface area contributed by atoms with Crippen molar-refractivity contribution < 1.29 is 9.50 Å². The second-order valence-electron chi connectivity index (χ2n) is 3.89. The third kappa shape index (κ3) is 2.76. The lowest BCUT2D eigenvalue weighted by molar-refractivity contribution is 0.200. The summed E-state index contributed by atoms with van der Waals surface area (Å²) in [7, 11) is 0. The van der Waals surface area contributed by atoms with Gasteiger partial charge in [-0.15, -0.1) is 0 Å². The van der Waals surface area contributed by atoms with E-state index < -0.39 is 0 Å². The van der Waals surface area contributed by atoms with Gasteiger partial charge in [-0.1, -0.05) is 19.1 Å². The van der Waals surface area contributed by atoms with Crippen LogP contribution < -0.4 is 5.73 Å². The Bertz CT molecular complexity index is 323. The fraction of sp³-hybridized carbons (Fsp3) is 0.500. The van der Waals surface area contributed by atoms with Crippen LogP contribution in [0.15, 0.2) is 18.2 Å². The van der Waals surface area contributed by atoms with Gasteiger partial charge in [0, 0.05) is 18.6 Å². The molecule has 0 aliphatic rings. The molecule has 0 aromatic heterocycles. The molecule has 2 nitrogen and oxygen atoms in total. The lowest BCUT2D eigenvalue weighted by atomic mass is 9.91. The van der Waals surface area contributed by atoms with Gasteiger partial charge in [-0.05, 0) is 30.5 Å². The number of hydrogen-bond donors (Lipinski definition) is 2. The fourth-order valence-corrected chi connectivity index (χ4v) is 1.64. The van der Waals surface area contributed by atoms with Gasteiger partial charge in [0.05, 0.1) is 0 Å². The summed E-state index contributed by atoms with van der Waals surface area (Å²) < 4.78 is 13.0. The summed E-state index contributed by atoms with van der Waals surface area (Å²) in [6, 6.07) is 4.64. The highest BCUT2D eigenvalue weighted by Crippen LogP contribution is 2.23. The molecule has 0 bridgehead atoms. The first-order valence-corrected chi connectivity index (χ1v) is 5.22. The fourth-order valence-electron chi connectivity index (χ4n) is 1.64. The molecule has 0 radical (unpaired) electrons. The van der Waals surface area contributed by atoms with E-state index in [4.69, 9.17) is 10.8 Å². The molecule has 0 amide bonds. The Morgan fingerprint density at radius 3 is 2.60 bits per heavy atom. The number of nitrogens with two attached hydrogens (primary N) is 1. The van der Waals surface area contributed by atoms with E-state index in [0.717, 1.165) is 12.0 Å². The summed E-state index contributed by atoms with van der Waals surface area (Å²) in [5, 5.41) is 9.13. The van der Waals surface area contributed by atoms with Crippen LogP contribution in [0.5, 0.6) is 0 Å². The molecule has 2 atom stereocenters. The minimum absolute atomic E-state index is 0.0369. The standard InChI is InChI=1S/C12H18FNO/c1-3-9(7-15)12(14)10-4-5-11(13)8(2)6-10/h4-6,9,12,15H,3,7,14H2,1-2H3. The highest BCUT2D eigenvalue weighted by Gasteiger charge is 2.17. The summed E-state index contributed by atoms with van der Waals surface area (Å²) in [4.78, 5) is 0. The van der Waals surface area contributed by atoms with Crippen LogP contribution >= 0.6 is 0 Å². The monoisotopic (exact) mass is 211 g/mol. The van der Waals surface area contributed by atoms with Gasteiger partial charge in [0.25, 0.3) is 0 Å². The van der Waals surface area contributed by atoms with Gasteiger partial charge in [0.2, 0.25) is 0 Å². The molecular formula is C12H18FNO. The van der Waals surface area contributed by atoms with Crippen molar-refractivity contribution in [3.05, 3.63) is 35.1 Å². The first kappa shape index (κ1) is 12.1. The summed E-state index contributed by atoms with van der Waals surface area (Å²) >= 11 is 0. The third-order valence-corrected chi connectivity index (χ3v) is 2.83. The number of aliphatic hydroxyl groups excluding tert-OH is 1.